The molecule has 0 heterocycles. The van der Waals surface area contributed by atoms with Crippen LogP contribution in [0.4, 0.5) is 0 Å². The molecule has 1 saturated carbocycles. The lowest BCUT2D eigenvalue weighted by molar-refractivity contribution is -0.142. The Balaban J connectivity index is 1.71. The van der Waals surface area contributed by atoms with Crippen molar-refractivity contribution in [3.8, 4) is 5.75 Å². The van der Waals surface area contributed by atoms with Crippen LogP contribution in [-0.4, -0.2) is 35.4 Å². The molecule has 0 unspecified atom stereocenters. The summed E-state index contributed by atoms with van der Waals surface area (Å²) in [6.07, 6.45) is 5.41. The summed E-state index contributed by atoms with van der Waals surface area (Å²) >= 11 is 12.2. The van der Waals surface area contributed by atoms with E-state index < -0.39 is 6.04 Å². The second kappa shape index (κ2) is 12.5. The fourth-order valence-corrected chi connectivity index (χ4v) is 4.48. The van der Waals surface area contributed by atoms with Crippen LogP contribution >= 0.6 is 23.2 Å². The normalized spacial score (nSPS) is 15.1. The highest BCUT2D eigenvalue weighted by atomic mass is 35.5. The lowest BCUT2D eigenvalue weighted by Crippen LogP contribution is -2.51. The Morgan fingerprint density at radius 2 is 1.68 bits per heavy atom. The minimum atomic E-state index is -0.657. The maximum Gasteiger partial charge on any atom is 0.261 e. The monoisotopic (exact) mass is 504 g/mol. The molecule has 3 rings (SSSR count). The highest BCUT2D eigenvalue weighted by molar-refractivity contribution is 6.42. The SMILES string of the molecule is CC(C)c1ccc(OCC(=O)N(Cc2ccc(Cl)c(Cl)c2)[C@H](C)C(=O)NC2CCCCC2)cc1. The van der Waals surface area contributed by atoms with E-state index in [4.69, 9.17) is 27.9 Å². The molecule has 1 atom stereocenters. The van der Waals surface area contributed by atoms with Gasteiger partial charge in [-0.3, -0.25) is 9.59 Å². The molecule has 2 aromatic carbocycles. The van der Waals surface area contributed by atoms with E-state index in [2.05, 4.69) is 19.2 Å². The van der Waals surface area contributed by atoms with Crippen LogP contribution in [0.5, 0.6) is 5.75 Å². The molecular weight excluding hydrogens is 471 g/mol. The molecule has 184 valence electrons. The van der Waals surface area contributed by atoms with Crippen LogP contribution in [0, 0.1) is 0 Å². The van der Waals surface area contributed by atoms with Crippen molar-refractivity contribution in [2.24, 2.45) is 0 Å². The van der Waals surface area contributed by atoms with Gasteiger partial charge < -0.3 is 15.0 Å². The molecule has 7 heteroatoms. The number of halogens is 2. The second-order valence-electron chi connectivity index (χ2n) is 9.30. The Morgan fingerprint density at radius 1 is 1.00 bits per heavy atom. The van der Waals surface area contributed by atoms with E-state index in [1.807, 2.05) is 30.3 Å². The number of nitrogens with one attached hydrogen (secondary N) is 1. The zero-order chi connectivity index (χ0) is 24.7. The molecule has 5 nitrogen and oxygen atoms in total. The minimum absolute atomic E-state index is 0.151. The summed E-state index contributed by atoms with van der Waals surface area (Å²) in [5.41, 5.74) is 1.99. The van der Waals surface area contributed by atoms with Crippen molar-refractivity contribution >= 4 is 35.0 Å². The third kappa shape index (κ3) is 7.38. The molecule has 1 fully saturated rings. The lowest BCUT2D eigenvalue weighted by atomic mass is 9.95. The first-order chi connectivity index (χ1) is 16.2. The molecule has 1 N–H and O–H groups in total. The van der Waals surface area contributed by atoms with Crippen molar-refractivity contribution in [1.29, 1.82) is 0 Å². The van der Waals surface area contributed by atoms with Crippen LogP contribution in [0.15, 0.2) is 42.5 Å². The van der Waals surface area contributed by atoms with Crippen molar-refractivity contribution < 1.29 is 14.3 Å². The molecular formula is C27H34Cl2N2O3. The molecule has 0 aliphatic heterocycles. The van der Waals surface area contributed by atoms with Crippen LogP contribution in [0.25, 0.3) is 0 Å². The first kappa shape index (κ1) is 26.4. The van der Waals surface area contributed by atoms with Gasteiger partial charge in [0, 0.05) is 12.6 Å². The number of nitrogens with zero attached hydrogens (tertiary/aromatic N) is 1. The number of amides is 2. The van der Waals surface area contributed by atoms with Gasteiger partial charge in [-0.15, -0.1) is 0 Å². The molecule has 0 radical (unpaired) electrons. The summed E-state index contributed by atoms with van der Waals surface area (Å²) in [6, 6.07) is 12.5. The zero-order valence-corrected chi connectivity index (χ0v) is 21.7. The van der Waals surface area contributed by atoms with E-state index in [-0.39, 0.29) is 31.0 Å². The van der Waals surface area contributed by atoms with Crippen LogP contribution in [0.2, 0.25) is 10.0 Å². The molecule has 34 heavy (non-hydrogen) atoms. The van der Waals surface area contributed by atoms with E-state index in [0.29, 0.717) is 21.7 Å². The van der Waals surface area contributed by atoms with Crippen LogP contribution in [0.3, 0.4) is 0 Å². The quantitative estimate of drug-likeness (QED) is 0.431. The summed E-state index contributed by atoms with van der Waals surface area (Å²) in [7, 11) is 0. The van der Waals surface area contributed by atoms with Crippen molar-refractivity contribution in [3.05, 3.63) is 63.6 Å². The second-order valence-corrected chi connectivity index (χ2v) is 10.1. The fraction of sp³-hybridized carbons (Fsp3) is 0.481. The largest absolute Gasteiger partial charge is 0.484 e. The molecule has 1 aliphatic rings. The zero-order valence-electron chi connectivity index (χ0n) is 20.2. The number of benzene rings is 2. The van der Waals surface area contributed by atoms with E-state index >= 15 is 0 Å². The Kier molecular flexibility index (Phi) is 9.66. The van der Waals surface area contributed by atoms with Gasteiger partial charge in [-0.05, 0) is 61.1 Å². The number of ether oxygens (including phenoxy) is 1. The standard InChI is InChI=1S/C27H34Cl2N2O3/c1-18(2)21-10-12-23(13-11-21)34-17-26(32)31(16-20-9-14-24(28)25(29)15-20)19(3)27(33)30-22-7-5-4-6-8-22/h9-15,18-19,22H,4-8,16-17H2,1-3H3,(H,30,33)/t19-/m1/s1. The predicted octanol–water partition coefficient (Wildman–Crippen LogP) is 6.36. The van der Waals surface area contributed by atoms with Gasteiger partial charge in [-0.2, -0.15) is 0 Å². The van der Waals surface area contributed by atoms with E-state index in [1.165, 1.54) is 12.0 Å². The van der Waals surface area contributed by atoms with Crippen LogP contribution < -0.4 is 10.1 Å². The molecule has 0 saturated heterocycles. The Morgan fingerprint density at radius 3 is 2.29 bits per heavy atom. The fourth-order valence-electron chi connectivity index (χ4n) is 4.16. The lowest BCUT2D eigenvalue weighted by Gasteiger charge is -2.31. The number of hydrogen-bond donors (Lipinski definition) is 1. The number of rotatable bonds is 9. The molecule has 0 aromatic heterocycles. The van der Waals surface area contributed by atoms with Gasteiger partial charge in [-0.25, -0.2) is 0 Å². The third-order valence-corrected chi connectivity index (χ3v) is 7.10. The third-order valence-electron chi connectivity index (χ3n) is 6.36. The number of carbonyl (C=O) groups is 2. The van der Waals surface area contributed by atoms with Crippen LogP contribution in [-0.2, 0) is 16.1 Å². The van der Waals surface area contributed by atoms with E-state index in [9.17, 15) is 9.59 Å². The Hall–Kier alpha value is -2.24. The Labute approximate surface area is 212 Å². The molecule has 2 aromatic rings. The molecule has 0 spiro atoms. The summed E-state index contributed by atoms with van der Waals surface area (Å²) in [5.74, 6) is 0.611. The maximum absolute atomic E-state index is 13.2. The van der Waals surface area contributed by atoms with Gasteiger partial charge >= 0.3 is 0 Å². The molecule has 1 aliphatic carbocycles. The summed E-state index contributed by atoms with van der Waals surface area (Å²) in [6.45, 7) is 6.07. The van der Waals surface area contributed by atoms with Crippen molar-refractivity contribution in [3.63, 3.8) is 0 Å². The van der Waals surface area contributed by atoms with Crippen molar-refractivity contribution in [2.45, 2.75) is 77.4 Å². The maximum atomic E-state index is 13.2. The number of carbonyl (C=O) groups excluding carboxylic acids is 2. The highest BCUT2D eigenvalue weighted by Gasteiger charge is 2.28. The first-order valence-corrected chi connectivity index (χ1v) is 12.8. The summed E-state index contributed by atoms with van der Waals surface area (Å²) < 4.78 is 5.77. The summed E-state index contributed by atoms with van der Waals surface area (Å²) in [4.78, 5) is 27.8. The minimum Gasteiger partial charge on any atom is -0.484 e. The number of hydrogen-bond acceptors (Lipinski definition) is 3. The smallest absolute Gasteiger partial charge is 0.261 e. The first-order valence-electron chi connectivity index (χ1n) is 12.0. The van der Waals surface area contributed by atoms with Gasteiger partial charge in [0.1, 0.15) is 11.8 Å². The van der Waals surface area contributed by atoms with Gasteiger partial charge in [-0.1, -0.05) is 74.5 Å². The van der Waals surface area contributed by atoms with Gasteiger partial charge in [0.15, 0.2) is 6.61 Å². The Bertz CT molecular complexity index is 972. The average Bonchev–Trinajstić information content (AvgIpc) is 2.83. The van der Waals surface area contributed by atoms with E-state index in [1.54, 1.807) is 24.0 Å². The molecule has 2 amide bonds. The van der Waals surface area contributed by atoms with Gasteiger partial charge in [0.2, 0.25) is 5.91 Å². The van der Waals surface area contributed by atoms with E-state index in [0.717, 1.165) is 31.2 Å². The summed E-state index contributed by atoms with van der Waals surface area (Å²) in [5, 5.41) is 3.98. The van der Waals surface area contributed by atoms with Gasteiger partial charge in [0.25, 0.3) is 5.91 Å². The van der Waals surface area contributed by atoms with Crippen molar-refractivity contribution in [2.75, 3.05) is 6.61 Å². The van der Waals surface area contributed by atoms with Gasteiger partial charge in [0.05, 0.1) is 10.0 Å². The topological polar surface area (TPSA) is 58.6 Å². The van der Waals surface area contributed by atoms with Crippen molar-refractivity contribution in [1.82, 2.24) is 10.2 Å². The highest BCUT2D eigenvalue weighted by Crippen LogP contribution is 2.24. The predicted molar refractivity (Wildman–Crippen MR) is 138 cm³/mol. The van der Waals surface area contributed by atoms with Crippen LogP contribution in [0.1, 0.15) is 69.9 Å². The molecule has 0 bridgehead atoms. The average molecular weight is 505 g/mol.